The van der Waals surface area contributed by atoms with Crippen molar-refractivity contribution in [2.45, 2.75) is 51.0 Å². The van der Waals surface area contributed by atoms with E-state index in [9.17, 15) is 9.59 Å². The van der Waals surface area contributed by atoms with E-state index < -0.39 is 0 Å². The fourth-order valence-corrected chi connectivity index (χ4v) is 6.47. The first kappa shape index (κ1) is 25.9. The van der Waals surface area contributed by atoms with Gasteiger partial charge in [0, 0.05) is 38.4 Å². The van der Waals surface area contributed by atoms with Crippen molar-refractivity contribution < 1.29 is 9.59 Å². The van der Waals surface area contributed by atoms with E-state index in [0.717, 1.165) is 38.8 Å². The Balaban J connectivity index is 1.27. The first-order valence-corrected chi connectivity index (χ1v) is 14.5. The summed E-state index contributed by atoms with van der Waals surface area (Å²) in [5.41, 5.74) is 2.68. The van der Waals surface area contributed by atoms with Crippen molar-refractivity contribution in [2.75, 3.05) is 39.3 Å². The first-order chi connectivity index (χ1) is 18.2. The summed E-state index contributed by atoms with van der Waals surface area (Å²) in [4.78, 5) is 31.9. The van der Waals surface area contributed by atoms with Crippen LogP contribution in [0.5, 0.6) is 0 Å². The molecule has 0 bridgehead atoms. The fourth-order valence-electron chi connectivity index (χ4n) is 5.55. The maximum atomic E-state index is 13.5. The van der Waals surface area contributed by atoms with Crippen LogP contribution in [-0.4, -0.2) is 75.5 Å². The minimum atomic E-state index is -0.167. The third-order valence-electron chi connectivity index (χ3n) is 7.72. The largest absolute Gasteiger partial charge is 0.376 e. The van der Waals surface area contributed by atoms with Crippen LogP contribution in [0.15, 0.2) is 72.4 Å². The molecule has 7 heteroatoms. The molecule has 6 nitrogen and oxygen atoms in total. The lowest BCUT2D eigenvalue weighted by Gasteiger charge is -2.40. The molecule has 0 atom stereocenters. The summed E-state index contributed by atoms with van der Waals surface area (Å²) in [5.74, 6) is -0.333. The standard InChI is InChI=1S/C30H38N4O2S/c35-29-28(24-31-20-16-27(17-21-31)32-18-8-3-9-19-32)30(36)34(23-15-26-12-6-2-7-13-26)37-33(29)22-14-25-10-4-1-5-11-25/h1-2,4-7,10-13,24,27H,3,8-9,14-23H2. The summed E-state index contributed by atoms with van der Waals surface area (Å²) in [6.45, 7) is 5.35. The second-order valence-corrected chi connectivity index (χ2v) is 11.3. The number of hydrogen-bond donors (Lipinski definition) is 0. The molecule has 3 aliphatic heterocycles. The molecule has 3 aliphatic rings. The van der Waals surface area contributed by atoms with Crippen molar-refractivity contribution in [3.05, 3.63) is 83.6 Å². The van der Waals surface area contributed by atoms with Crippen molar-refractivity contribution in [3.63, 3.8) is 0 Å². The van der Waals surface area contributed by atoms with E-state index in [1.165, 1.54) is 55.6 Å². The van der Waals surface area contributed by atoms with Gasteiger partial charge in [-0.25, -0.2) is 0 Å². The highest BCUT2D eigenvalue weighted by Gasteiger charge is 2.37. The topological polar surface area (TPSA) is 47.1 Å². The van der Waals surface area contributed by atoms with E-state index in [-0.39, 0.29) is 11.8 Å². The summed E-state index contributed by atoms with van der Waals surface area (Å²) in [6.07, 6.45) is 9.54. The zero-order valence-electron chi connectivity index (χ0n) is 21.6. The van der Waals surface area contributed by atoms with E-state index >= 15 is 0 Å². The average molecular weight is 519 g/mol. The van der Waals surface area contributed by atoms with Gasteiger partial charge in [0.25, 0.3) is 11.8 Å². The van der Waals surface area contributed by atoms with Gasteiger partial charge in [-0.3, -0.25) is 18.2 Å². The molecule has 0 aromatic heterocycles. The van der Waals surface area contributed by atoms with E-state index in [0.29, 0.717) is 24.7 Å². The Hall–Kier alpha value is -2.77. The highest BCUT2D eigenvalue weighted by Crippen LogP contribution is 2.30. The van der Waals surface area contributed by atoms with Gasteiger partial charge in [-0.1, -0.05) is 67.1 Å². The number of piperidine rings is 2. The smallest absolute Gasteiger partial charge is 0.272 e. The lowest BCUT2D eigenvalue weighted by molar-refractivity contribution is -0.131. The molecule has 3 saturated heterocycles. The Kier molecular flexibility index (Phi) is 8.84. The lowest BCUT2D eigenvalue weighted by Crippen LogP contribution is -2.47. The number of likely N-dealkylation sites (tertiary alicyclic amines) is 2. The third kappa shape index (κ3) is 6.76. The van der Waals surface area contributed by atoms with Crippen molar-refractivity contribution in [3.8, 4) is 0 Å². The molecule has 0 saturated carbocycles. The number of carbonyl (C=O) groups excluding carboxylic acids is 2. The maximum absolute atomic E-state index is 13.5. The molecule has 5 rings (SSSR count). The molecule has 2 aromatic carbocycles. The molecule has 2 amide bonds. The van der Waals surface area contributed by atoms with Crippen LogP contribution in [0.3, 0.4) is 0 Å². The SMILES string of the molecule is O=C1C(=CN2CCC(N3CCCCC3)CC2)C(=O)N(CCc2ccccc2)SN1CCc1ccccc1. The molecule has 0 N–H and O–H groups in total. The quantitative estimate of drug-likeness (QED) is 0.292. The van der Waals surface area contributed by atoms with Gasteiger partial charge in [-0.05, 0) is 62.7 Å². The van der Waals surface area contributed by atoms with Gasteiger partial charge in [-0.15, -0.1) is 0 Å². The second kappa shape index (κ2) is 12.7. The maximum Gasteiger partial charge on any atom is 0.272 e. The Morgan fingerprint density at radius 1 is 0.703 bits per heavy atom. The number of rotatable bonds is 8. The fraction of sp³-hybridized carbons (Fsp3) is 0.467. The van der Waals surface area contributed by atoms with Crippen LogP contribution in [0.4, 0.5) is 0 Å². The molecular weight excluding hydrogens is 480 g/mol. The van der Waals surface area contributed by atoms with Gasteiger partial charge >= 0.3 is 0 Å². The molecule has 196 valence electrons. The van der Waals surface area contributed by atoms with Gasteiger partial charge in [-0.2, -0.15) is 0 Å². The number of benzene rings is 2. The molecule has 3 heterocycles. The van der Waals surface area contributed by atoms with Crippen LogP contribution in [0.1, 0.15) is 43.2 Å². The second-order valence-electron chi connectivity index (χ2n) is 10.3. The molecule has 0 aliphatic carbocycles. The average Bonchev–Trinajstić information content (AvgIpc) is 2.96. The minimum absolute atomic E-state index is 0.167. The molecule has 0 unspecified atom stereocenters. The van der Waals surface area contributed by atoms with Crippen LogP contribution in [-0.2, 0) is 22.4 Å². The highest BCUT2D eigenvalue weighted by atomic mass is 32.2. The molecule has 37 heavy (non-hydrogen) atoms. The lowest BCUT2D eigenvalue weighted by atomic mass is 10.00. The predicted octanol–water partition coefficient (Wildman–Crippen LogP) is 4.54. The Bertz CT molecular complexity index is 1000. The van der Waals surface area contributed by atoms with Crippen molar-refractivity contribution in [1.82, 2.24) is 18.4 Å². The van der Waals surface area contributed by atoms with Crippen molar-refractivity contribution in [2.24, 2.45) is 0 Å². The number of hydrogen-bond acceptors (Lipinski definition) is 5. The zero-order chi connectivity index (χ0) is 25.5. The van der Waals surface area contributed by atoms with E-state index in [2.05, 4.69) is 34.1 Å². The van der Waals surface area contributed by atoms with Crippen LogP contribution in [0, 0.1) is 0 Å². The summed E-state index contributed by atoms with van der Waals surface area (Å²) in [5, 5.41) is 0. The normalized spacial score (nSPS) is 20.0. The molecule has 3 fully saturated rings. The van der Waals surface area contributed by atoms with E-state index in [1.807, 2.05) is 42.6 Å². The van der Waals surface area contributed by atoms with Crippen molar-refractivity contribution >= 4 is 23.9 Å². The van der Waals surface area contributed by atoms with Crippen molar-refractivity contribution in [1.29, 1.82) is 0 Å². The van der Waals surface area contributed by atoms with Crippen LogP contribution < -0.4 is 0 Å². The zero-order valence-corrected chi connectivity index (χ0v) is 22.5. The van der Waals surface area contributed by atoms with Crippen LogP contribution in [0.25, 0.3) is 0 Å². The number of carbonyl (C=O) groups is 2. The van der Waals surface area contributed by atoms with E-state index in [4.69, 9.17) is 0 Å². The Morgan fingerprint density at radius 2 is 1.22 bits per heavy atom. The monoisotopic (exact) mass is 518 g/mol. The van der Waals surface area contributed by atoms with Gasteiger partial charge < -0.3 is 9.80 Å². The number of nitrogens with zero attached hydrogens (tertiary/aromatic N) is 4. The summed E-state index contributed by atoms with van der Waals surface area (Å²) in [7, 11) is 0. The van der Waals surface area contributed by atoms with Gasteiger partial charge in [0.15, 0.2) is 0 Å². The third-order valence-corrected chi connectivity index (χ3v) is 8.81. The summed E-state index contributed by atoms with van der Waals surface area (Å²) in [6, 6.07) is 21.1. The molecule has 2 aromatic rings. The molecule has 0 spiro atoms. The highest BCUT2D eigenvalue weighted by molar-refractivity contribution is 7.96. The summed E-state index contributed by atoms with van der Waals surface area (Å²) < 4.78 is 3.54. The predicted molar refractivity (Wildman–Crippen MR) is 149 cm³/mol. The molecular formula is C30H38N4O2S. The first-order valence-electron chi connectivity index (χ1n) is 13.8. The Labute approximate surface area is 225 Å². The van der Waals surface area contributed by atoms with Crippen LogP contribution >= 0.6 is 12.1 Å². The molecule has 0 radical (unpaired) electrons. The summed E-state index contributed by atoms with van der Waals surface area (Å²) >= 11 is 1.27. The van der Waals surface area contributed by atoms with Gasteiger partial charge in [0.1, 0.15) is 5.57 Å². The number of amides is 2. The van der Waals surface area contributed by atoms with Gasteiger partial charge in [0.05, 0.1) is 12.1 Å². The minimum Gasteiger partial charge on any atom is -0.376 e. The van der Waals surface area contributed by atoms with Crippen LogP contribution in [0.2, 0.25) is 0 Å². The van der Waals surface area contributed by atoms with Gasteiger partial charge in [0.2, 0.25) is 0 Å². The van der Waals surface area contributed by atoms with E-state index in [1.54, 1.807) is 8.61 Å². The Morgan fingerprint density at radius 3 is 1.73 bits per heavy atom.